The summed E-state index contributed by atoms with van der Waals surface area (Å²) in [6.45, 7) is 3.70. The topological polar surface area (TPSA) is 96.6 Å². The third-order valence-corrected chi connectivity index (χ3v) is 7.93. The van der Waals surface area contributed by atoms with Gasteiger partial charge in [-0.15, -0.1) is 10.2 Å². The van der Waals surface area contributed by atoms with Crippen LogP contribution in [0, 0.1) is 13.8 Å². The first-order valence-corrected chi connectivity index (χ1v) is 12.3. The molecule has 0 spiro atoms. The Kier molecular flexibility index (Phi) is 6.30. The van der Waals surface area contributed by atoms with Crippen LogP contribution in [0.1, 0.15) is 40.2 Å². The molecule has 1 aliphatic rings. The normalized spacial score (nSPS) is 14.0. The molecule has 174 valence electrons. The standard InChI is InChI=1S/C23H25ClN4O4S/c1-14-11-17(12-20(15(14)2)33(30,31)27(3)4)23(29)28(19-9-10-19)13-21-25-26-22(32-21)16-5-7-18(24)8-6-16/h5-8,11-12,19H,9-10,13H2,1-4H3. The fourth-order valence-corrected chi connectivity index (χ4v) is 4.85. The van der Waals surface area contributed by atoms with Gasteiger partial charge in [0, 0.05) is 36.3 Å². The summed E-state index contributed by atoms with van der Waals surface area (Å²) in [5.74, 6) is 0.391. The van der Waals surface area contributed by atoms with Crippen LogP contribution in [0.4, 0.5) is 0 Å². The Morgan fingerprint density at radius 3 is 2.39 bits per heavy atom. The summed E-state index contributed by atoms with van der Waals surface area (Å²) in [5, 5.41) is 8.80. The van der Waals surface area contributed by atoms with Gasteiger partial charge in [-0.1, -0.05) is 11.6 Å². The number of nitrogens with zero attached hydrogens (tertiary/aromatic N) is 4. The summed E-state index contributed by atoms with van der Waals surface area (Å²) in [5.41, 5.74) is 2.42. The van der Waals surface area contributed by atoms with E-state index in [9.17, 15) is 13.2 Å². The molecule has 0 N–H and O–H groups in total. The highest BCUT2D eigenvalue weighted by molar-refractivity contribution is 7.89. The number of halogens is 1. The van der Waals surface area contributed by atoms with E-state index >= 15 is 0 Å². The molecule has 33 heavy (non-hydrogen) atoms. The number of rotatable bonds is 7. The van der Waals surface area contributed by atoms with E-state index in [1.807, 2.05) is 0 Å². The first-order chi connectivity index (χ1) is 15.6. The second-order valence-corrected chi connectivity index (χ2v) is 10.9. The Hall–Kier alpha value is -2.75. The van der Waals surface area contributed by atoms with Crippen LogP contribution in [0.25, 0.3) is 11.5 Å². The van der Waals surface area contributed by atoms with E-state index in [0.717, 1.165) is 28.3 Å². The van der Waals surface area contributed by atoms with E-state index in [0.29, 0.717) is 27.9 Å². The minimum absolute atomic E-state index is 0.0545. The largest absolute Gasteiger partial charge is 0.419 e. The van der Waals surface area contributed by atoms with Crippen LogP contribution >= 0.6 is 11.6 Å². The highest BCUT2D eigenvalue weighted by atomic mass is 35.5. The zero-order chi connectivity index (χ0) is 23.9. The number of benzene rings is 2. The van der Waals surface area contributed by atoms with Crippen molar-refractivity contribution in [2.45, 2.75) is 44.2 Å². The molecule has 1 heterocycles. The van der Waals surface area contributed by atoms with Crippen molar-refractivity contribution < 1.29 is 17.6 Å². The van der Waals surface area contributed by atoms with Crippen molar-refractivity contribution in [3.05, 3.63) is 64.0 Å². The average molecular weight is 489 g/mol. The van der Waals surface area contributed by atoms with Gasteiger partial charge in [-0.2, -0.15) is 0 Å². The van der Waals surface area contributed by atoms with E-state index in [4.69, 9.17) is 16.0 Å². The maximum Gasteiger partial charge on any atom is 0.254 e. The molecule has 0 saturated heterocycles. The minimum atomic E-state index is -3.69. The zero-order valence-corrected chi connectivity index (χ0v) is 20.4. The van der Waals surface area contributed by atoms with E-state index in [-0.39, 0.29) is 23.4 Å². The molecule has 1 aromatic heterocycles. The van der Waals surface area contributed by atoms with Crippen molar-refractivity contribution in [1.82, 2.24) is 19.4 Å². The molecule has 0 aliphatic heterocycles. The monoisotopic (exact) mass is 488 g/mol. The second kappa shape index (κ2) is 8.89. The summed E-state index contributed by atoms with van der Waals surface area (Å²) in [7, 11) is -0.743. The quantitative estimate of drug-likeness (QED) is 0.497. The number of aryl methyl sites for hydroxylation is 1. The third-order valence-electron chi connectivity index (χ3n) is 5.74. The van der Waals surface area contributed by atoms with Gasteiger partial charge in [0.15, 0.2) is 0 Å². The average Bonchev–Trinajstić information content (AvgIpc) is 3.51. The lowest BCUT2D eigenvalue weighted by molar-refractivity contribution is 0.0714. The first-order valence-electron chi connectivity index (χ1n) is 10.5. The molecule has 2 aromatic carbocycles. The number of hydrogen-bond acceptors (Lipinski definition) is 6. The van der Waals surface area contributed by atoms with Crippen molar-refractivity contribution >= 4 is 27.5 Å². The Labute approximate surface area is 198 Å². The third kappa shape index (κ3) is 4.80. The number of hydrogen-bond donors (Lipinski definition) is 0. The van der Waals surface area contributed by atoms with Crippen LogP contribution in [0.15, 0.2) is 45.7 Å². The predicted molar refractivity (Wildman–Crippen MR) is 124 cm³/mol. The summed E-state index contributed by atoms with van der Waals surface area (Å²) < 4.78 is 32.6. The molecule has 1 fully saturated rings. The molecule has 1 saturated carbocycles. The Morgan fingerprint density at radius 2 is 1.79 bits per heavy atom. The molecule has 3 aromatic rings. The maximum absolute atomic E-state index is 13.5. The van der Waals surface area contributed by atoms with Crippen molar-refractivity contribution in [2.75, 3.05) is 14.1 Å². The molecule has 0 unspecified atom stereocenters. The lowest BCUT2D eigenvalue weighted by Gasteiger charge is -2.22. The highest BCUT2D eigenvalue weighted by Gasteiger charge is 2.35. The van der Waals surface area contributed by atoms with Crippen LogP contribution in [-0.2, 0) is 16.6 Å². The van der Waals surface area contributed by atoms with Gasteiger partial charge in [0.25, 0.3) is 5.91 Å². The molecule has 1 aliphatic carbocycles. The molecule has 4 rings (SSSR count). The fraction of sp³-hybridized carbons (Fsp3) is 0.348. The fourth-order valence-electron chi connectivity index (χ4n) is 3.51. The summed E-state index contributed by atoms with van der Waals surface area (Å²) >= 11 is 5.93. The van der Waals surface area contributed by atoms with Crippen LogP contribution in [0.5, 0.6) is 0 Å². The van der Waals surface area contributed by atoms with Gasteiger partial charge in [-0.3, -0.25) is 4.79 Å². The second-order valence-electron chi connectivity index (χ2n) is 8.38. The van der Waals surface area contributed by atoms with Crippen LogP contribution in [0.2, 0.25) is 5.02 Å². The zero-order valence-electron chi connectivity index (χ0n) is 18.9. The Morgan fingerprint density at radius 1 is 1.12 bits per heavy atom. The molecule has 1 amide bonds. The summed E-state index contributed by atoms with van der Waals surface area (Å²) in [4.78, 5) is 15.3. The predicted octanol–water partition coefficient (Wildman–Crippen LogP) is 4.06. The van der Waals surface area contributed by atoms with Crippen molar-refractivity contribution in [2.24, 2.45) is 0 Å². The van der Waals surface area contributed by atoms with Gasteiger partial charge >= 0.3 is 0 Å². The minimum Gasteiger partial charge on any atom is -0.419 e. The first kappa shape index (κ1) is 23.4. The van der Waals surface area contributed by atoms with Gasteiger partial charge in [-0.25, -0.2) is 12.7 Å². The van der Waals surface area contributed by atoms with Crippen molar-refractivity contribution in [3.8, 4) is 11.5 Å². The number of amides is 1. The molecular formula is C23H25ClN4O4S. The SMILES string of the molecule is Cc1cc(C(=O)N(Cc2nnc(-c3ccc(Cl)cc3)o2)C2CC2)cc(S(=O)(=O)N(C)C)c1C. The number of carbonyl (C=O) groups excluding carboxylic acids is 1. The summed E-state index contributed by atoms with van der Waals surface area (Å²) in [6, 6.07) is 10.3. The van der Waals surface area contributed by atoms with E-state index in [1.165, 1.54) is 20.2 Å². The maximum atomic E-state index is 13.5. The molecular weight excluding hydrogens is 464 g/mol. The number of carbonyl (C=O) groups is 1. The summed E-state index contributed by atoms with van der Waals surface area (Å²) in [6.07, 6.45) is 1.75. The van der Waals surface area contributed by atoms with E-state index < -0.39 is 10.0 Å². The van der Waals surface area contributed by atoms with Gasteiger partial charge in [-0.05, 0) is 74.2 Å². The van der Waals surface area contributed by atoms with Crippen molar-refractivity contribution in [3.63, 3.8) is 0 Å². The van der Waals surface area contributed by atoms with Crippen LogP contribution < -0.4 is 0 Å². The molecule has 0 atom stereocenters. The van der Waals surface area contributed by atoms with Gasteiger partial charge in [0.2, 0.25) is 21.8 Å². The molecule has 8 nitrogen and oxygen atoms in total. The van der Waals surface area contributed by atoms with Crippen LogP contribution in [0.3, 0.4) is 0 Å². The number of aromatic nitrogens is 2. The van der Waals surface area contributed by atoms with Gasteiger partial charge in [0.1, 0.15) is 0 Å². The van der Waals surface area contributed by atoms with Crippen LogP contribution in [-0.4, -0.2) is 53.9 Å². The molecule has 0 bridgehead atoms. The lowest BCUT2D eigenvalue weighted by Crippen LogP contribution is -2.33. The Balaban J connectivity index is 1.63. The lowest BCUT2D eigenvalue weighted by atomic mass is 10.1. The van der Waals surface area contributed by atoms with Gasteiger partial charge in [0.05, 0.1) is 11.4 Å². The van der Waals surface area contributed by atoms with Gasteiger partial charge < -0.3 is 9.32 Å². The molecule has 0 radical (unpaired) electrons. The number of sulfonamides is 1. The van der Waals surface area contributed by atoms with E-state index in [2.05, 4.69) is 10.2 Å². The van der Waals surface area contributed by atoms with E-state index in [1.54, 1.807) is 49.1 Å². The highest BCUT2D eigenvalue weighted by Crippen LogP contribution is 2.32. The smallest absolute Gasteiger partial charge is 0.254 e. The molecule has 10 heteroatoms. The Bertz CT molecular complexity index is 1300. The van der Waals surface area contributed by atoms with Crippen molar-refractivity contribution in [1.29, 1.82) is 0 Å².